The van der Waals surface area contributed by atoms with Gasteiger partial charge in [-0.1, -0.05) is 12.1 Å². The van der Waals surface area contributed by atoms with Crippen molar-refractivity contribution in [2.75, 3.05) is 11.5 Å². The average molecular weight is 231 g/mol. The van der Waals surface area contributed by atoms with Gasteiger partial charge in [-0.3, -0.25) is 0 Å². The number of nitrogen functional groups attached to an aromatic ring is 2. The molecule has 3 nitrogen and oxygen atoms in total. The third-order valence-corrected chi connectivity index (χ3v) is 2.60. The van der Waals surface area contributed by atoms with Gasteiger partial charge in [-0.25, -0.2) is 9.37 Å². The summed E-state index contributed by atoms with van der Waals surface area (Å²) in [7, 11) is 0. The Labute approximate surface area is 99.3 Å². The van der Waals surface area contributed by atoms with Crippen LogP contribution in [0, 0.1) is 5.82 Å². The number of nitrogens with two attached hydrogens (primary N) is 2. The Morgan fingerprint density at radius 3 is 2.29 bits per heavy atom. The first-order chi connectivity index (χ1) is 8.15. The average Bonchev–Trinajstić information content (AvgIpc) is 2.33. The molecule has 0 spiro atoms. The van der Waals surface area contributed by atoms with Crippen LogP contribution in [0.1, 0.15) is 11.3 Å². The quantitative estimate of drug-likeness (QED) is 0.850. The first-order valence-electron chi connectivity index (χ1n) is 5.40. The number of rotatable bonds is 3. The van der Waals surface area contributed by atoms with Crippen molar-refractivity contribution in [3.63, 3.8) is 0 Å². The molecule has 0 atom stereocenters. The van der Waals surface area contributed by atoms with Crippen LogP contribution in [0.2, 0.25) is 0 Å². The Morgan fingerprint density at radius 2 is 1.65 bits per heavy atom. The monoisotopic (exact) mass is 231 g/mol. The van der Waals surface area contributed by atoms with Gasteiger partial charge < -0.3 is 11.5 Å². The number of nitrogens with zero attached hydrogens (tertiary/aromatic N) is 1. The van der Waals surface area contributed by atoms with E-state index in [2.05, 4.69) is 4.98 Å². The van der Waals surface area contributed by atoms with E-state index in [0.717, 1.165) is 24.1 Å². The van der Waals surface area contributed by atoms with Gasteiger partial charge in [-0.2, -0.15) is 0 Å². The summed E-state index contributed by atoms with van der Waals surface area (Å²) in [5.74, 6) is 0.144. The van der Waals surface area contributed by atoms with Crippen molar-refractivity contribution in [1.29, 1.82) is 0 Å². The fourth-order valence-electron chi connectivity index (χ4n) is 1.59. The molecule has 0 saturated carbocycles. The number of halogens is 1. The van der Waals surface area contributed by atoms with E-state index in [4.69, 9.17) is 11.5 Å². The number of hydrogen-bond donors (Lipinski definition) is 2. The van der Waals surface area contributed by atoms with Gasteiger partial charge in [0, 0.05) is 5.69 Å². The summed E-state index contributed by atoms with van der Waals surface area (Å²) in [5, 5.41) is 0. The van der Waals surface area contributed by atoms with Crippen LogP contribution in [0.4, 0.5) is 15.9 Å². The molecule has 4 heteroatoms. The highest BCUT2D eigenvalue weighted by molar-refractivity contribution is 5.57. The Balaban J connectivity index is 2.02. The second-order valence-corrected chi connectivity index (χ2v) is 3.90. The van der Waals surface area contributed by atoms with E-state index in [9.17, 15) is 4.39 Å². The molecule has 1 heterocycles. The summed E-state index contributed by atoms with van der Waals surface area (Å²) in [6.07, 6.45) is 1.56. The minimum absolute atomic E-state index is 0.219. The van der Waals surface area contributed by atoms with Crippen molar-refractivity contribution in [2.45, 2.75) is 12.8 Å². The van der Waals surface area contributed by atoms with Crippen LogP contribution in [0.3, 0.4) is 0 Å². The third-order valence-electron chi connectivity index (χ3n) is 2.60. The Hall–Kier alpha value is -2.10. The predicted octanol–water partition coefficient (Wildman–Crippen LogP) is 2.17. The number of anilines is 2. The van der Waals surface area contributed by atoms with Crippen molar-refractivity contribution < 1.29 is 4.39 Å². The highest BCUT2D eigenvalue weighted by Crippen LogP contribution is 2.13. The van der Waals surface area contributed by atoms with Crippen LogP contribution in [0.5, 0.6) is 0 Å². The molecule has 0 bridgehead atoms. The molecule has 0 unspecified atom stereocenters. The molecule has 1 aromatic carbocycles. The van der Waals surface area contributed by atoms with Crippen LogP contribution in [-0.2, 0) is 12.8 Å². The highest BCUT2D eigenvalue weighted by atomic mass is 19.1. The number of aryl methyl sites for hydroxylation is 2. The van der Waals surface area contributed by atoms with Crippen molar-refractivity contribution >= 4 is 11.5 Å². The zero-order chi connectivity index (χ0) is 12.3. The van der Waals surface area contributed by atoms with Crippen LogP contribution >= 0.6 is 0 Å². The maximum Gasteiger partial charge on any atom is 0.146 e. The summed E-state index contributed by atoms with van der Waals surface area (Å²) >= 11 is 0. The zero-order valence-electron chi connectivity index (χ0n) is 9.36. The number of benzene rings is 1. The summed E-state index contributed by atoms with van der Waals surface area (Å²) in [5.41, 5.74) is 13.7. The molecular formula is C13H14FN3. The lowest BCUT2D eigenvalue weighted by Gasteiger charge is -2.04. The van der Waals surface area contributed by atoms with Gasteiger partial charge in [-0.05, 0) is 42.7 Å². The van der Waals surface area contributed by atoms with E-state index in [1.165, 1.54) is 12.1 Å². The summed E-state index contributed by atoms with van der Waals surface area (Å²) < 4.78 is 12.7. The fraction of sp³-hybridized carbons (Fsp3) is 0.154. The Morgan fingerprint density at radius 1 is 0.941 bits per heavy atom. The highest BCUT2D eigenvalue weighted by Gasteiger charge is 2.00. The zero-order valence-corrected chi connectivity index (χ0v) is 9.36. The van der Waals surface area contributed by atoms with Crippen molar-refractivity contribution in [1.82, 2.24) is 4.98 Å². The lowest BCUT2D eigenvalue weighted by molar-refractivity contribution is 0.627. The minimum atomic E-state index is -0.219. The molecule has 2 aromatic rings. The Bertz CT molecular complexity index is 509. The molecule has 0 aliphatic rings. The van der Waals surface area contributed by atoms with Crippen molar-refractivity contribution in [3.8, 4) is 0 Å². The smallest absolute Gasteiger partial charge is 0.146 e. The van der Waals surface area contributed by atoms with E-state index in [0.29, 0.717) is 11.5 Å². The van der Waals surface area contributed by atoms with Crippen LogP contribution in [-0.4, -0.2) is 4.98 Å². The standard InChI is InChI=1S/C13H14FN3/c14-10-4-1-9(2-5-10)3-6-11-7-8-12(15)13(16)17-11/h1-2,4-5,7-8H,3,6,15H2,(H2,16,17). The van der Waals surface area contributed by atoms with E-state index in [1.807, 2.05) is 6.07 Å². The minimum Gasteiger partial charge on any atom is -0.396 e. The molecule has 0 radical (unpaired) electrons. The molecule has 88 valence electrons. The molecule has 4 N–H and O–H groups in total. The predicted molar refractivity (Wildman–Crippen MR) is 66.9 cm³/mol. The third kappa shape index (κ3) is 2.93. The van der Waals surface area contributed by atoms with E-state index >= 15 is 0 Å². The molecular weight excluding hydrogens is 217 g/mol. The van der Waals surface area contributed by atoms with E-state index in [1.54, 1.807) is 18.2 Å². The van der Waals surface area contributed by atoms with E-state index in [-0.39, 0.29) is 5.82 Å². The molecule has 0 saturated heterocycles. The summed E-state index contributed by atoms with van der Waals surface area (Å²) in [4.78, 5) is 4.18. The van der Waals surface area contributed by atoms with Gasteiger partial charge in [0.15, 0.2) is 0 Å². The van der Waals surface area contributed by atoms with Gasteiger partial charge >= 0.3 is 0 Å². The first-order valence-corrected chi connectivity index (χ1v) is 5.40. The maximum absolute atomic E-state index is 12.7. The Kier molecular flexibility index (Phi) is 3.23. The molecule has 0 aliphatic heterocycles. The van der Waals surface area contributed by atoms with Crippen LogP contribution in [0.25, 0.3) is 0 Å². The fourth-order valence-corrected chi connectivity index (χ4v) is 1.59. The molecule has 0 aliphatic carbocycles. The van der Waals surface area contributed by atoms with Gasteiger partial charge in [0.2, 0.25) is 0 Å². The topological polar surface area (TPSA) is 64.9 Å². The van der Waals surface area contributed by atoms with Crippen LogP contribution in [0.15, 0.2) is 36.4 Å². The molecule has 17 heavy (non-hydrogen) atoms. The lowest BCUT2D eigenvalue weighted by Crippen LogP contribution is -2.01. The maximum atomic E-state index is 12.7. The molecule has 2 rings (SSSR count). The number of hydrogen-bond acceptors (Lipinski definition) is 3. The molecule has 1 aromatic heterocycles. The largest absolute Gasteiger partial charge is 0.396 e. The summed E-state index contributed by atoms with van der Waals surface area (Å²) in [6.45, 7) is 0. The molecule has 0 amide bonds. The first kappa shape index (κ1) is 11.4. The van der Waals surface area contributed by atoms with Crippen LogP contribution < -0.4 is 11.5 Å². The van der Waals surface area contributed by atoms with E-state index < -0.39 is 0 Å². The van der Waals surface area contributed by atoms with Gasteiger partial charge in [-0.15, -0.1) is 0 Å². The van der Waals surface area contributed by atoms with Crippen molar-refractivity contribution in [2.24, 2.45) is 0 Å². The van der Waals surface area contributed by atoms with Gasteiger partial charge in [0.1, 0.15) is 11.6 Å². The van der Waals surface area contributed by atoms with Gasteiger partial charge in [0.25, 0.3) is 0 Å². The molecule has 0 fully saturated rings. The number of aromatic nitrogens is 1. The second kappa shape index (κ2) is 4.82. The van der Waals surface area contributed by atoms with Gasteiger partial charge in [0.05, 0.1) is 5.69 Å². The normalized spacial score (nSPS) is 10.4. The second-order valence-electron chi connectivity index (χ2n) is 3.90. The van der Waals surface area contributed by atoms with Crippen molar-refractivity contribution in [3.05, 3.63) is 53.5 Å². The SMILES string of the molecule is Nc1ccc(CCc2ccc(F)cc2)nc1N. The lowest BCUT2D eigenvalue weighted by atomic mass is 10.1. The number of pyridine rings is 1. The summed E-state index contributed by atoms with van der Waals surface area (Å²) in [6, 6.07) is 10.1.